The van der Waals surface area contributed by atoms with Gasteiger partial charge in [0.05, 0.1) is 32.7 Å². The van der Waals surface area contributed by atoms with Crippen molar-refractivity contribution < 1.29 is 59.1 Å². The number of nitrogens with one attached hydrogen (secondary N) is 4. The Morgan fingerprint density at radius 1 is 0.509 bits per heavy atom. The van der Waals surface area contributed by atoms with Crippen LogP contribution in [0.3, 0.4) is 0 Å². The largest absolute Gasteiger partial charge is 0.480 e. The number of hydrogen-bond acceptors (Lipinski definition) is 10. The van der Waals surface area contributed by atoms with Gasteiger partial charge < -0.3 is 46.1 Å². The van der Waals surface area contributed by atoms with Gasteiger partial charge in [0.2, 0.25) is 11.8 Å². The molecule has 2 unspecified atom stereocenters. The number of nitrogens with zero attached hydrogens (tertiary/aromatic N) is 3. The molecule has 0 fully saturated rings. The lowest BCUT2D eigenvalue weighted by molar-refractivity contribution is -0.143. The number of carboxylic acid groups (broad SMARTS) is 5. The first-order valence-electron chi connectivity index (χ1n) is 17.1. The van der Waals surface area contributed by atoms with Crippen molar-refractivity contribution >= 4 is 63.5 Å². The molecule has 0 radical (unpaired) electrons. The SMILES string of the molecule is O=C(O)CN(CCN(CC(=O)O)CC(=O)NC(Cc1c[nH]c2ccccc12)C(=O)O)CCN(CC(=O)O)CC(=O)NC(Cc1c[nH]c2ccccc12)C(=O)O. The number of fused-ring (bicyclic) bond motifs is 2. The predicted molar refractivity (Wildman–Crippen MR) is 195 cm³/mol. The highest BCUT2D eigenvalue weighted by Gasteiger charge is 2.26. The lowest BCUT2D eigenvalue weighted by Gasteiger charge is -2.28. The Bertz CT molecular complexity index is 1880. The van der Waals surface area contributed by atoms with Gasteiger partial charge in [-0.2, -0.15) is 0 Å². The molecular weight excluding hydrogens is 722 g/mol. The molecule has 4 aromatic rings. The van der Waals surface area contributed by atoms with Crippen LogP contribution in [0.1, 0.15) is 11.1 Å². The number of hydrogen-bond donors (Lipinski definition) is 9. The maximum Gasteiger partial charge on any atom is 0.326 e. The molecular formula is C36H43N7O12. The summed E-state index contributed by atoms with van der Waals surface area (Å²) in [6.45, 7) is -3.41. The van der Waals surface area contributed by atoms with E-state index in [-0.39, 0.29) is 39.0 Å². The Morgan fingerprint density at radius 2 is 0.855 bits per heavy atom. The van der Waals surface area contributed by atoms with Crippen LogP contribution in [0.4, 0.5) is 0 Å². The van der Waals surface area contributed by atoms with Crippen molar-refractivity contribution in [3.63, 3.8) is 0 Å². The first-order chi connectivity index (χ1) is 26.2. The van der Waals surface area contributed by atoms with E-state index < -0.39 is 86.5 Å². The number of aromatic amines is 2. The first kappa shape index (κ1) is 41.4. The van der Waals surface area contributed by atoms with E-state index in [1.165, 1.54) is 14.7 Å². The number of H-pyrrole nitrogens is 2. The van der Waals surface area contributed by atoms with E-state index in [2.05, 4.69) is 20.6 Å². The lowest BCUT2D eigenvalue weighted by Crippen LogP contribution is -2.50. The Labute approximate surface area is 313 Å². The van der Waals surface area contributed by atoms with Crippen LogP contribution in [0.2, 0.25) is 0 Å². The number of aliphatic carboxylic acids is 5. The molecule has 4 rings (SSSR count). The van der Waals surface area contributed by atoms with Crippen LogP contribution >= 0.6 is 0 Å². The average Bonchev–Trinajstić information content (AvgIpc) is 3.71. The number of aromatic nitrogens is 2. The summed E-state index contributed by atoms with van der Waals surface area (Å²) in [5.41, 5.74) is 2.86. The zero-order chi connectivity index (χ0) is 40.1. The summed E-state index contributed by atoms with van der Waals surface area (Å²) in [7, 11) is 0. The molecule has 0 saturated carbocycles. The minimum Gasteiger partial charge on any atom is -0.480 e. The molecule has 0 aliphatic heterocycles. The van der Waals surface area contributed by atoms with Gasteiger partial charge in [0, 0.05) is 73.2 Å². The van der Waals surface area contributed by atoms with Crippen LogP contribution in [-0.4, -0.2) is 163 Å². The molecule has 2 amide bonds. The van der Waals surface area contributed by atoms with E-state index in [4.69, 9.17) is 0 Å². The van der Waals surface area contributed by atoms with Crippen LogP contribution in [0.25, 0.3) is 21.8 Å². The first-order valence-corrected chi connectivity index (χ1v) is 17.1. The van der Waals surface area contributed by atoms with Gasteiger partial charge in [-0.05, 0) is 23.3 Å². The van der Waals surface area contributed by atoms with E-state index in [0.29, 0.717) is 11.1 Å². The van der Waals surface area contributed by atoms with Crippen molar-refractivity contribution in [2.24, 2.45) is 0 Å². The topological polar surface area (TPSA) is 286 Å². The van der Waals surface area contributed by atoms with Crippen molar-refractivity contribution in [1.82, 2.24) is 35.3 Å². The third-order valence-corrected chi connectivity index (χ3v) is 8.74. The third kappa shape index (κ3) is 12.9. The normalized spacial score (nSPS) is 12.6. The summed E-state index contributed by atoms with van der Waals surface area (Å²) in [5, 5.41) is 54.6. The second-order valence-corrected chi connectivity index (χ2v) is 12.9. The van der Waals surface area contributed by atoms with Gasteiger partial charge >= 0.3 is 29.8 Å². The third-order valence-electron chi connectivity index (χ3n) is 8.74. The second-order valence-electron chi connectivity index (χ2n) is 12.9. The van der Waals surface area contributed by atoms with Gasteiger partial charge in [-0.15, -0.1) is 0 Å². The monoisotopic (exact) mass is 765 g/mol. The van der Waals surface area contributed by atoms with E-state index in [9.17, 15) is 59.1 Å². The molecule has 9 N–H and O–H groups in total. The summed E-state index contributed by atoms with van der Waals surface area (Å²) in [5.74, 6) is -8.01. The van der Waals surface area contributed by atoms with E-state index in [1.54, 1.807) is 36.7 Å². The van der Waals surface area contributed by atoms with Crippen molar-refractivity contribution in [1.29, 1.82) is 0 Å². The second kappa shape index (κ2) is 19.7. The van der Waals surface area contributed by atoms with E-state index in [0.717, 1.165) is 21.8 Å². The summed E-state index contributed by atoms with van der Waals surface area (Å²) < 4.78 is 0. The Balaban J connectivity index is 1.35. The minimum atomic E-state index is -1.33. The summed E-state index contributed by atoms with van der Waals surface area (Å²) >= 11 is 0. The molecule has 0 saturated heterocycles. The molecule has 19 nitrogen and oxygen atoms in total. The molecule has 0 aliphatic carbocycles. The van der Waals surface area contributed by atoms with Gasteiger partial charge in [-0.1, -0.05) is 36.4 Å². The van der Waals surface area contributed by atoms with Crippen LogP contribution in [0, 0.1) is 0 Å². The average molecular weight is 766 g/mol. The van der Waals surface area contributed by atoms with Gasteiger partial charge in [-0.3, -0.25) is 38.7 Å². The number of rotatable bonds is 24. The number of carbonyl (C=O) groups is 7. The molecule has 2 aromatic carbocycles. The number of benzene rings is 2. The highest BCUT2D eigenvalue weighted by molar-refractivity contribution is 5.89. The van der Waals surface area contributed by atoms with Crippen LogP contribution in [-0.2, 0) is 46.4 Å². The van der Waals surface area contributed by atoms with Crippen LogP contribution in [0.5, 0.6) is 0 Å². The highest BCUT2D eigenvalue weighted by Crippen LogP contribution is 2.20. The molecule has 2 aromatic heterocycles. The molecule has 19 heteroatoms. The molecule has 2 heterocycles. The van der Waals surface area contributed by atoms with Crippen LogP contribution < -0.4 is 10.6 Å². The fourth-order valence-corrected chi connectivity index (χ4v) is 6.16. The molecule has 0 aliphatic rings. The van der Waals surface area contributed by atoms with Gasteiger partial charge in [0.1, 0.15) is 12.1 Å². The predicted octanol–water partition coefficient (Wildman–Crippen LogP) is -0.267. The summed E-state index contributed by atoms with van der Waals surface area (Å²) in [4.78, 5) is 94.9. The summed E-state index contributed by atoms with van der Waals surface area (Å²) in [6.07, 6.45) is 3.18. The van der Waals surface area contributed by atoms with Gasteiger partial charge in [0.15, 0.2) is 0 Å². The van der Waals surface area contributed by atoms with Crippen molar-refractivity contribution in [2.75, 3.05) is 58.9 Å². The molecule has 0 bridgehead atoms. The van der Waals surface area contributed by atoms with Gasteiger partial charge in [-0.25, -0.2) is 9.59 Å². The van der Waals surface area contributed by atoms with Crippen LogP contribution in [0.15, 0.2) is 60.9 Å². The number of carbonyl (C=O) groups excluding carboxylic acids is 2. The number of amides is 2. The van der Waals surface area contributed by atoms with E-state index >= 15 is 0 Å². The molecule has 2 atom stereocenters. The minimum absolute atomic E-state index is 0.0532. The fourth-order valence-electron chi connectivity index (χ4n) is 6.16. The Kier molecular flexibility index (Phi) is 14.8. The fraction of sp³-hybridized carbons (Fsp3) is 0.361. The highest BCUT2D eigenvalue weighted by atomic mass is 16.4. The molecule has 294 valence electrons. The quantitative estimate of drug-likeness (QED) is 0.0444. The Morgan fingerprint density at radius 3 is 1.22 bits per heavy atom. The van der Waals surface area contributed by atoms with Crippen molar-refractivity contribution in [3.8, 4) is 0 Å². The van der Waals surface area contributed by atoms with E-state index in [1.807, 2.05) is 24.3 Å². The lowest BCUT2D eigenvalue weighted by atomic mass is 10.0. The zero-order valence-electron chi connectivity index (χ0n) is 29.6. The van der Waals surface area contributed by atoms with Crippen molar-refractivity contribution in [2.45, 2.75) is 24.9 Å². The molecule has 55 heavy (non-hydrogen) atoms. The van der Waals surface area contributed by atoms with Crippen molar-refractivity contribution in [3.05, 3.63) is 72.1 Å². The zero-order valence-corrected chi connectivity index (χ0v) is 29.6. The molecule has 0 spiro atoms. The summed E-state index contributed by atoms with van der Waals surface area (Å²) in [6, 6.07) is 11.8. The Hall–Kier alpha value is -6.31. The number of carboxylic acids is 5. The smallest absolute Gasteiger partial charge is 0.326 e. The van der Waals surface area contributed by atoms with Gasteiger partial charge in [0.25, 0.3) is 0 Å². The number of para-hydroxylation sites is 2. The standard InChI is InChI=1S/C36H43N7O12/c44-30(39-28(35(52)53)13-22-15-37-26-7-3-1-5-24(22)26)17-42(20-33(48)49)11-9-41(19-32(46)47)10-12-43(21-34(50)51)18-31(45)40-29(36(54)55)14-23-16-38-27-8-4-2-6-25(23)27/h1-8,15-16,28-29,37-38H,9-14,17-21H2,(H,39,44)(H,40,45)(H,46,47)(H,48,49)(H,50,51)(H,52,53)(H,54,55). The maximum atomic E-state index is 13.0. The maximum absolute atomic E-state index is 13.0.